The average Bonchev–Trinajstić information content (AvgIpc) is 3.16. The van der Waals surface area contributed by atoms with Crippen molar-refractivity contribution >= 4 is 39.9 Å². The molecule has 0 spiro atoms. The maximum atomic E-state index is 13.2. The first-order chi connectivity index (χ1) is 12.6. The SMILES string of the molecule is O=C(Nc1nc(-c2ccc(F)c(Cl)c2)cs1)C1CC(=O)N(CC(F)(F)F)C1. The van der Waals surface area contributed by atoms with Crippen molar-refractivity contribution in [3.63, 3.8) is 0 Å². The molecule has 0 radical (unpaired) electrons. The second-order valence-electron chi connectivity index (χ2n) is 5.95. The van der Waals surface area contributed by atoms with Gasteiger partial charge in [-0.3, -0.25) is 9.59 Å². The number of benzene rings is 1. The molecule has 144 valence electrons. The van der Waals surface area contributed by atoms with Crippen LogP contribution in [0.25, 0.3) is 11.3 Å². The van der Waals surface area contributed by atoms with Gasteiger partial charge in [0.25, 0.3) is 0 Å². The highest BCUT2D eigenvalue weighted by Crippen LogP contribution is 2.29. The van der Waals surface area contributed by atoms with Gasteiger partial charge in [-0.05, 0) is 18.2 Å². The maximum absolute atomic E-state index is 13.2. The number of anilines is 1. The predicted molar refractivity (Wildman–Crippen MR) is 91.9 cm³/mol. The number of carbonyl (C=O) groups excluding carboxylic acids is 2. The van der Waals surface area contributed by atoms with E-state index in [1.165, 1.54) is 18.2 Å². The van der Waals surface area contributed by atoms with Crippen LogP contribution < -0.4 is 5.32 Å². The number of halogens is 5. The van der Waals surface area contributed by atoms with E-state index in [4.69, 9.17) is 11.6 Å². The molecule has 1 aromatic heterocycles. The topological polar surface area (TPSA) is 62.3 Å². The second kappa shape index (κ2) is 7.43. The van der Waals surface area contributed by atoms with Crippen LogP contribution >= 0.6 is 22.9 Å². The number of amides is 2. The minimum atomic E-state index is -4.51. The Balaban J connectivity index is 1.64. The molecule has 0 aliphatic carbocycles. The fourth-order valence-electron chi connectivity index (χ4n) is 2.64. The van der Waals surface area contributed by atoms with Crippen LogP contribution in [-0.4, -0.2) is 41.0 Å². The van der Waals surface area contributed by atoms with E-state index in [1.54, 1.807) is 5.38 Å². The Bertz CT molecular complexity index is 887. The Morgan fingerprint density at radius 2 is 2.15 bits per heavy atom. The monoisotopic (exact) mass is 421 g/mol. The Morgan fingerprint density at radius 3 is 2.81 bits per heavy atom. The summed E-state index contributed by atoms with van der Waals surface area (Å²) >= 11 is 6.82. The molecule has 1 unspecified atom stereocenters. The van der Waals surface area contributed by atoms with Gasteiger partial charge < -0.3 is 10.2 Å². The number of rotatable bonds is 4. The van der Waals surface area contributed by atoms with Gasteiger partial charge in [-0.1, -0.05) is 11.6 Å². The van der Waals surface area contributed by atoms with E-state index >= 15 is 0 Å². The molecular formula is C16H12ClF4N3O2S. The molecular weight excluding hydrogens is 410 g/mol. The normalized spacial score (nSPS) is 17.4. The smallest absolute Gasteiger partial charge is 0.333 e. The molecule has 2 aromatic rings. The molecule has 1 N–H and O–H groups in total. The first-order valence-corrected chi connectivity index (χ1v) is 8.94. The van der Waals surface area contributed by atoms with Crippen molar-refractivity contribution in [3.8, 4) is 11.3 Å². The van der Waals surface area contributed by atoms with E-state index in [0.29, 0.717) is 16.2 Å². The average molecular weight is 422 g/mol. The van der Waals surface area contributed by atoms with Crippen molar-refractivity contribution < 1.29 is 27.2 Å². The third kappa shape index (κ3) is 4.75. The third-order valence-corrected chi connectivity index (χ3v) is 4.95. The molecule has 11 heteroatoms. The van der Waals surface area contributed by atoms with Crippen LogP contribution in [0.3, 0.4) is 0 Å². The zero-order valence-electron chi connectivity index (χ0n) is 13.5. The number of nitrogens with zero attached hydrogens (tertiary/aromatic N) is 2. The molecule has 27 heavy (non-hydrogen) atoms. The number of aromatic nitrogens is 1. The largest absolute Gasteiger partial charge is 0.406 e. The van der Waals surface area contributed by atoms with E-state index in [2.05, 4.69) is 10.3 Å². The van der Waals surface area contributed by atoms with E-state index in [0.717, 1.165) is 11.3 Å². The molecule has 2 heterocycles. The summed E-state index contributed by atoms with van der Waals surface area (Å²) in [5, 5.41) is 4.28. The second-order valence-corrected chi connectivity index (χ2v) is 7.21. The van der Waals surface area contributed by atoms with Crippen molar-refractivity contribution in [2.45, 2.75) is 12.6 Å². The van der Waals surface area contributed by atoms with Crippen LogP contribution in [-0.2, 0) is 9.59 Å². The number of likely N-dealkylation sites (tertiary alicyclic amines) is 1. The quantitative estimate of drug-likeness (QED) is 0.760. The summed E-state index contributed by atoms with van der Waals surface area (Å²) in [6, 6.07) is 4.06. The van der Waals surface area contributed by atoms with Crippen LogP contribution in [0, 0.1) is 11.7 Å². The summed E-state index contributed by atoms with van der Waals surface area (Å²) in [5.74, 6) is -2.75. The van der Waals surface area contributed by atoms with Gasteiger partial charge in [-0.25, -0.2) is 9.37 Å². The molecule has 2 amide bonds. The van der Waals surface area contributed by atoms with Gasteiger partial charge >= 0.3 is 6.18 Å². The first kappa shape index (κ1) is 19.6. The Kier molecular flexibility index (Phi) is 5.38. The summed E-state index contributed by atoms with van der Waals surface area (Å²) in [5.41, 5.74) is 1.00. The molecule has 1 atom stereocenters. The van der Waals surface area contributed by atoms with Crippen molar-refractivity contribution in [1.82, 2.24) is 9.88 Å². The van der Waals surface area contributed by atoms with Crippen molar-refractivity contribution in [2.24, 2.45) is 5.92 Å². The van der Waals surface area contributed by atoms with Crippen molar-refractivity contribution in [2.75, 3.05) is 18.4 Å². The lowest BCUT2D eigenvalue weighted by atomic mass is 10.1. The van der Waals surface area contributed by atoms with E-state index in [-0.39, 0.29) is 23.1 Å². The molecule has 1 fully saturated rings. The lowest BCUT2D eigenvalue weighted by Gasteiger charge is -2.18. The third-order valence-electron chi connectivity index (χ3n) is 3.91. The van der Waals surface area contributed by atoms with Gasteiger partial charge in [-0.15, -0.1) is 11.3 Å². The number of hydrogen-bond acceptors (Lipinski definition) is 4. The summed E-state index contributed by atoms with van der Waals surface area (Å²) in [6.45, 7) is -1.67. The van der Waals surface area contributed by atoms with E-state index in [9.17, 15) is 27.2 Å². The maximum Gasteiger partial charge on any atom is 0.406 e. The molecule has 1 saturated heterocycles. The summed E-state index contributed by atoms with van der Waals surface area (Å²) in [6.07, 6.45) is -4.80. The van der Waals surface area contributed by atoms with Crippen molar-refractivity contribution in [3.05, 3.63) is 34.4 Å². The molecule has 3 rings (SSSR count). The highest BCUT2D eigenvalue weighted by molar-refractivity contribution is 7.14. The lowest BCUT2D eigenvalue weighted by molar-refractivity contribution is -0.157. The van der Waals surface area contributed by atoms with Gasteiger partial charge in [0, 0.05) is 23.9 Å². The zero-order valence-corrected chi connectivity index (χ0v) is 15.1. The fourth-order valence-corrected chi connectivity index (χ4v) is 3.55. The summed E-state index contributed by atoms with van der Waals surface area (Å²) < 4.78 is 50.5. The molecule has 0 saturated carbocycles. The fraction of sp³-hybridized carbons (Fsp3) is 0.312. The van der Waals surface area contributed by atoms with Crippen LogP contribution in [0.1, 0.15) is 6.42 Å². The minimum absolute atomic E-state index is 0.0692. The zero-order chi connectivity index (χ0) is 19.8. The number of thiazole rings is 1. The number of hydrogen-bond donors (Lipinski definition) is 1. The van der Waals surface area contributed by atoms with Gasteiger partial charge in [0.2, 0.25) is 11.8 Å². The Hall–Kier alpha value is -2.20. The molecule has 5 nitrogen and oxygen atoms in total. The van der Waals surface area contributed by atoms with Crippen LogP contribution in [0.4, 0.5) is 22.7 Å². The highest BCUT2D eigenvalue weighted by atomic mass is 35.5. The number of alkyl halides is 3. The molecule has 1 aliphatic heterocycles. The predicted octanol–water partition coefficient (Wildman–Crippen LogP) is 3.95. The van der Waals surface area contributed by atoms with E-state index < -0.39 is 36.3 Å². The molecule has 1 aromatic carbocycles. The summed E-state index contributed by atoms with van der Waals surface area (Å²) in [4.78, 5) is 28.7. The van der Waals surface area contributed by atoms with Crippen LogP contribution in [0.15, 0.2) is 23.6 Å². The molecule has 0 bridgehead atoms. The van der Waals surface area contributed by atoms with Crippen LogP contribution in [0.5, 0.6) is 0 Å². The van der Waals surface area contributed by atoms with Gasteiger partial charge in [0.1, 0.15) is 12.4 Å². The number of carbonyl (C=O) groups is 2. The van der Waals surface area contributed by atoms with Gasteiger partial charge in [-0.2, -0.15) is 13.2 Å². The highest BCUT2D eigenvalue weighted by Gasteiger charge is 2.40. The number of nitrogens with one attached hydrogen (secondary N) is 1. The summed E-state index contributed by atoms with van der Waals surface area (Å²) in [7, 11) is 0. The minimum Gasteiger partial charge on any atom is -0.333 e. The van der Waals surface area contributed by atoms with Gasteiger partial charge in [0.05, 0.1) is 16.6 Å². The molecule has 1 aliphatic rings. The first-order valence-electron chi connectivity index (χ1n) is 7.69. The van der Waals surface area contributed by atoms with E-state index in [1.807, 2.05) is 0 Å². The van der Waals surface area contributed by atoms with Crippen molar-refractivity contribution in [1.29, 1.82) is 0 Å². The Morgan fingerprint density at radius 1 is 1.41 bits per heavy atom. The van der Waals surface area contributed by atoms with Crippen LogP contribution in [0.2, 0.25) is 5.02 Å². The standard InChI is InChI=1S/C16H12ClF4N3O2S/c17-10-3-8(1-2-11(10)18)12-6-27-15(22-12)23-14(26)9-4-13(25)24(5-9)7-16(19,20)21/h1-3,6,9H,4-5,7H2,(H,22,23,26). The Labute approximate surface area is 159 Å². The lowest BCUT2D eigenvalue weighted by Crippen LogP contribution is -2.36. The van der Waals surface area contributed by atoms with Gasteiger partial charge in [0.15, 0.2) is 5.13 Å².